The van der Waals surface area contributed by atoms with Crippen molar-refractivity contribution in [3.63, 3.8) is 0 Å². The van der Waals surface area contributed by atoms with E-state index in [4.69, 9.17) is 9.47 Å². The van der Waals surface area contributed by atoms with Crippen LogP contribution in [-0.4, -0.2) is 62.7 Å². The van der Waals surface area contributed by atoms with Gasteiger partial charge in [-0.1, -0.05) is 49.5 Å². The van der Waals surface area contributed by atoms with Gasteiger partial charge in [0.2, 0.25) is 6.29 Å². The minimum atomic E-state index is -1.35. The number of unbranched alkanes of at least 4 members (excludes halogenated alkanes) is 2. The van der Waals surface area contributed by atoms with E-state index in [1.54, 1.807) is 6.08 Å². The summed E-state index contributed by atoms with van der Waals surface area (Å²) >= 11 is 0. The van der Waals surface area contributed by atoms with E-state index in [2.05, 4.69) is 13.0 Å². The Morgan fingerprint density at radius 2 is 1.92 bits per heavy atom. The zero-order valence-corrected chi connectivity index (χ0v) is 22.0. The minimum Gasteiger partial charge on any atom is -0.511 e. The maximum atomic E-state index is 12.2. The molecular formula is C28H44O8. The highest BCUT2D eigenvalue weighted by atomic mass is 16.7. The maximum Gasteiger partial charge on any atom is 0.314 e. The number of rotatable bonds is 13. The van der Waals surface area contributed by atoms with E-state index < -0.39 is 42.4 Å². The van der Waals surface area contributed by atoms with Gasteiger partial charge in [-0.25, -0.2) is 0 Å². The van der Waals surface area contributed by atoms with Gasteiger partial charge in [-0.3, -0.25) is 4.79 Å². The summed E-state index contributed by atoms with van der Waals surface area (Å²) in [6.45, 7) is 7.79. The second-order valence-corrected chi connectivity index (χ2v) is 10.2. The lowest BCUT2D eigenvalue weighted by molar-refractivity contribution is -0.258. The number of hydrogen-bond donors (Lipinski definition) is 5. The molecule has 0 aromatic heterocycles. The molecule has 5 N–H and O–H groups in total. The Bertz CT molecular complexity index is 852. The molecule has 6 atom stereocenters. The molecule has 0 amide bonds. The molecule has 36 heavy (non-hydrogen) atoms. The van der Waals surface area contributed by atoms with Crippen molar-refractivity contribution in [3.8, 4) is 0 Å². The first-order valence-corrected chi connectivity index (χ1v) is 13.0. The molecule has 0 radical (unpaired) electrons. The highest BCUT2D eigenvalue weighted by molar-refractivity contribution is 5.75. The lowest BCUT2D eigenvalue weighted by Crippen LogP contribution is -2.50. The van der Waals surface area contributed by atoms with Gasteiger partial charge in [0, 0.05) is 17.9 Å². The van der Waals surface area contributed by atoms with Crippen molar-refractivity contribution in [2.24, 2.45) is 11.8 Å². The summed E-state index contributed by atoms with van der Waals surface area (Å²) in [7, 11) is 0. The van der Waals surface area contributed by atoms with Gasteiger partial charge >= 0.3 is 5.97 Å². The summed E-state index contributed by atoms with van der Waals surface area (Å²) in [6, 6.07) is 0. The fourth-order valence-electron chi connectivity index (χ4n) is 4.63. The first-order chi connectivity index (χ1) is 17.1. The van der Waals surface area contributed by atoms with Crippen LogP contribution in [0.2, 0.25) is 0 Å². The minimum absolute atomic E-state index is 0.0683. The fraction of sp³-hybridized carbons (Fsp3) is 0.679. The number of aliphatic carboxylic acids is 1. The Balaban J connectivity index is 2.36. The molecule has 0 saturated carbocycles. The van der Waals surface area contributed by atoms with Crippen LogP contribution in [0.25, 0.3) is 0 Å². The number of carboxylic acids is 1. The zero-order chi connectivity index (χ0) is 26.8. The van der Waals surface area contributed by atoms with Crippen LogP contribution in [0.5, 0.6) is 0 Å². The molecule has 0 aromatic rings. The zero-order valence-electron chi connectivity index (χ0n) is 22.0. The third-order valence-electron chi connectivity index (χ3n) is 6.80. The highest BCUT2D eigenvalue weighted by Crippen LogP contribution is 2.39. The van der Waals surface area contributed by atoms with Crippen LogP contribution in [0, 0.1) is 11.8 Å². The number of hydrogen-bond acceptors (Lipinski definition) is 7. The molecular weight excluding hydrogens is 464 g/mol. The second-order valence-electron chi connectivity index (χ2n) is 10.2. The van der Waals surface area contributed by atoms with Gasteiger partial charge in [0.15, 0.2) is 0 Å². The third kappa shape index (κ3) is 8.47. The molecule has 1 aliphatic heterocycles. The number of carboxylic acid groups (broad SMARTS) is 1. The Labute approximate surface area is 214 Å². The first kappa shape index (κ1) is 30.1. The highest BCUT2D eigenvalue weighted by Gasteiger charge is 2.42. The molecule has 4 unspecified atom stereocenters. The average molecular weight is 509 g/mol. The SMILES string of the molecule is CCCCCC1C=C(O[C@@H]2O[C@H](CO)CC(O)C2O)C(C/C=C(\C)CCC=C(C)C)=C(O)C1C(=O)O. The van der Waals surface area contributed by atoms with Gasteiger partial charge in [0.25, 0.3) is 0 Å². The van der Waals surface area contributed by atoms with Gasteiger partial charge in [-0.05, 0) is 52.5 Å². The van der Waals surface area contributed by atoms with Crippen LogP contribution in [0.1, 0.15) is 79.1 Å². The predicted molar refractivity (Wildman–Crippen MR) is 137 cm³/mol. The molecule has 1 fully saturated rings. The van der Waals surface area contributed by atoms with Crippen molar-refractivity contribution in [2.75, 3.05) is 6.61 Å². The summed E-state index contributed by atoms with van der Waals surface area (Å²) in [6.07, 6.45) is 6.64. The summed E-state index contributed by atoms with van der Waals surface area (Å²) in [5.74, 6) is -2.68. The third-order valence-corrected chi connectivity index (χ3v) is 6.80. The van der Waals surface area contributed by atoms with Gasteiger partial charge in [-0.2, -0.15) is 0 Å². The number of ether oxygens (including phenoxy) is 2. The summed E-state index contributed by atoms with van der Waals surface area (Å²) in [4.78, 5) is 12.2. The molecule has 0 aromatic carbocycles. The fourth-order valence-corrected chi connectivity index (χ4v) is 4.63. The maximum absolute atomic E-state index is 12.2. The number of aliphatic hydroxyl groups is 4. The molecule has 8 nitrogen and oxygen atoms in total. The smallest absolute Gasteiger partial charge is 0.314 e. The first-order valence-electron chi connectivity index (χ1n) is 13.0. The second kappa shape index (κ2) is 14.6. The quantitative estimate of drug-likeness (QED) is 0.181. The summed E-state index contributed by atoms with van der Waals surface area (Å²) < 4.78 is 11.7. The molecule has 0 bridgehead atoms. The van der Waals surface area contributed by atoms with E-state index in [0.717, 1.165) is 37.7 Å². The molecule has 204 valence electrons. The van der Waals surface area contributed by atoms with E-state index in [0.29, 0.717) is 12.0 Å². The molecule has 2 aliphatic rings. The normalized spacial score (nSPS) is 29.1. The average Bonchev–Trinajstić information content (AvgIpc) is 2.81. The van der Waals surface area contributed by atoms with Crippen molar-refractivity contribution in [2.45, 2.75) is 104 Å². The Morgan fingerprint density at radius 1 is 1.19 bits per heavy atom. The van der Waals surface area contributed by atoms with E-state index in [9.17, 15) is 30.3 Å². The van der Waals surface area contributed by atoms with Crippen LogP contribution >= 0.6 is 0 Å². The predicted octanol–water partition coefficient (Wildman–Crippen LogP) is 4.52. The summed E-state index contributed by atoms with van der Waals surface area (Å²) in [5, 5.41) is 51.3. The van der Waals surface area contributed by atoms with Crippen LogP contribution in [0.4, 0.5) is 0 Å². The molecule has 1 aliphatic carbocycles. The molecule has 2 rings (SSSR count). The van der Waals surface area contributed by atoms with Crippen LogP contribution in [-0.2, 0) is 14.3 Å². The molecule has 1 saturated heterocycles. The number of allylic oxidation sites excluding steroid dienone is 6. The van der Waals surface area contributed by atoms with E-state index >= 15 is 0 Å². The Kier molecular flexibility index (Phi) is 12.2. The van der Waals surface area contributed by atoms with Crippen molar-refractivity contribution < 1.29 is 39.8 Å². The number of carbonyl (C=O) groups is 1. The van der Waals surface area contributed by atoms with Crippen molar-refractivity contribution in [3.05, 3.63) is 46.5 Å². The van der Waals surface area contributed by atoms with Crippen molar-refractivity contribution >= 4 is 5.97 Å². The van der Waals surface area contributed by atoms with E-state index in [1.165, 1.54) is 5.57 Å². The Morgan fingerprint density at radius 3 is 2.53 bits per heavy atom. The largest absolute Gasteiger partial charge is 0.511 e. The van der Waals surface area contributed by atoms with Crippen LogP contribution < -0.4 is 0 Å². The molecule has 8 heteroatoms. The summed E-state index contributed by atoms with van der Waals surface area (Å²) in [5.41, 5.74) is 2.66. The van der Waals surface area contributed by atoms with Gasteiger partial charge < -0.3 is 35.0 Å². The molecule has 0 spiro atoms. The lowest BCUT2D eigenvalue weighted by Gasteiger charge is -2.38. The van der Waals surface area contributed by atoms with E-state index in [-0.39, 0.29) is 31.0 Å². The van der Waals surface area contributed by atoms with Crippen LogP contribution in [0.3, 0.4) is 0 Å². The lowest BCUT2D eigenvalue weighted by atomic mass is 9.79. The number of aliphatic hydroxyl groups excluding tert-OH is 4. The van der Waals surface area contributed by atoms with Gasteiger partial charge in [0.05, 0.1) is 18.8 Å². The monoisotopic (exact) mass is 508 g/mol. The topological polar surface area (TPSA) is 137 Å². The molecule has 1 heterocycles. The standard InChI is InChI=1S/C28H44O8/c1-5-6-7-11-19-14-23(36-28-26(32)22(30)15-20(16-29)35-28)21(25(31)24(19)27(33)34)13-12-18(4)10-8-9-17(2)3/h9,12,14,19-20,22,24,26,28-32H,5-8,10-11,13,15-16H2,1-4H3,(H,33,34)/b18-12+/t19?,20-,22?,24?,26?,28-/m0/s1. The van der Waals surface area contributed by atoms with Crippen molar-refractivity contribution in [1.29, 1.82) is 0 Å². The van der Waals surface area contributed by atoms with Gasteiger partial charge in [-0.15, -0.1) is 0 Å². The van der Waals surface area contributed by atoms with E-state index in [1.807, 2.05) is 26.8 Å². The van der Waals surface area contributed by atoms with Crippen LogP contribution in [0.15, 0.2) is 46.5 Å². The Hall–Kier alpha value is -2.13. The van der Waals surface area contributed by atoms with Gasteiger partial charge in [0.1, 0.15) is 23.5 Å². The van der Waals surface area contributed by atoms with Crippen molar-refractivity contribution in [1.82, 2.24) is 0 Å².